The highest BCUT2D eigenvalue weighted by Crippen LogP contribution is 2.14. The van der Waals surface area contributed by atoms with Crippen molar-refractivity contribution >= 4 is 0 Å². The first-order valence-electron chi connectivity index (χ1n) is 5.43. The lowest BCUT2D eigenvalue weighted by molar-refractivity contribution is 0.572. The van der Waals surface area contributed by atoms with Gasteiger partial charge in [-0.3, -0.25) is 14.6 Å². The van der Waals surface area contributed by atoms with Crippen LogP contribution < -0.4 is 5.56 Å². The molecule has 0 aliphatic rings. The third kappa shape index (κ3) is 1.91. The zero-order chi connectivity index (χ0) is 10.7. The molecule has 0 saturated carbocycles. The molecule has 0 saturated heterocycles. The molecule has 1 N–H and O–H groups in total. The van der Waals surface area contributed by atoms with Crippen LogP contribution in [0.2, 0.25) is 0 Å². The first kappa shape index (κ1) is 11.1. The standard InChI is InChI=1S/C11H20N2O/c1-5-7-13-11(14)9(6-2)10(12-13)8(3)4/h8,12H,5-7H2,1-4H3. The fourth-order valence-corrected chi connectivity index (χ4v) is 1.74. The summed E-state index contributed by atoms with van der Waals surface area (Å²) in [5.74, 6) is 0.399. The average molecular weight is 196 g/mol. The van der Waals surface area contributed by atoms with Gasteiger partial charge >= 0.3 is 0 Å². The summed E-state index contributed by atoms with van der Waals surface area (Å²) in [7, 11) is 0. The van der Waals surface area contributed by atoms with Crippen molar-refractivity contribution in [2.24, 2.45) is 0 Å². The third-order valence-electron chi connectivity index (χ3n) is 2.46. The van der Waals surface area contributed by atoms with Gasteiger partial charge < -0.3 is 0 Å². The highest BCUT2D eigenvalue weighted by Gasteiger charge is 2.13. The van der Waals surface area contributed by atoms with Crippen LogP contribution in [0.1, 0.15) is 51.3 Å². The summed E-state index contributed by atoms with van der Waals surface area (Å²) >= 11 is 0. The number of hydrogen-bond acceptors (Lipinski definition) is 1. The molecular weight excluding hydrogens is 176 g/mol. The number of H-pyrrole nitrogens is 1. The van der Waals surface area contributed by atoms with Crippen molar-refractivity contribution < 1.29 is 0 Å². The molecule has 0 bridgehead atoms. The van der Waals surface area contributed by atoms with Crippen molar-refractivity contribution in [1.82, 2.24) is 9.78 Å². The Morgan fingerprint density at radius 1 is 1.36 bits per heavy atom. The lowest BCUT2D eigenvalue weighted by atomic mass is 10.0. The summed E-state index contributed by atoms with van der Waals surface area (Å²) in [6.07, 6.45) is 1.81. The van der Waals surface area contributed by atoms with Gasteiger partial charge in [0.2, 0.25) is 0 Å². The quantitative estimate of drug-likeness (QED) is 0.788. The van der Waals surface area contributed by atoms with Crippen molar-refractivity contribution in [1.29, 1.82) is 0 Å². The first-order chi connectivity index (χ1) is 6.61. The molecule has 1 aromatic rings. The Balaban J connectivity index is 3.18. The molecule has 0 amide bonds. The Labute approximate surface area is 85.1 Å². The van der Waals surface area contributed by atoms with Crippen LogP contribution in [-0.2, 0) is 13.0 Å². The minimum atomic E-state index is 0.165. The zero-order valence-corrected chi connectivity index (χ0v) is 9.55. The topological polar surface area (TPSA) is 37.8 Å². The van der Waals surface area contributed by atoms with Crippen LogP contribution in [0.25, 0.3) is 0 Å². The van der Waals surface area contributed by atoms with Crippen LogP contribution in [0, 0.1) is 0 Å². The smallest absolute Gasteiger partial charge is 0.269 e. The van der Waals surface area contributed by atoms with Crippen LogP contribution in [0.4, 0.5) is 0 Å². The first-order valence-corrected chi connectivity index (χ1v) is 5.43. The van der Waals surface area contributed by atoms with Gasteiger partial charge in [-0.15, -0.1) is 0 Å². The second-order valence-corrected chi connectivity index (χ2v) is 3.97. The SMILES string of the molecule is CCCn1[nH]c(C(C)C)c(CC)c1=O. The van der Waals surface area contributed by atoms with Gasteiger partial charge in [-0.05, 0) is 18.8 Å². The lowest BCUT2D eigenvalue weighted by Gasteiger charge is -2.03. The fraction of sp³-hybridized carbons (Fsp3) is 0.727. The molecule has 80 valence electrons. The van der Waals surface area contributed by atoms with Gasteiger partial charge in [0.05, 0.1) is 0 Å². The van der Waals surface area contributed by atoms with Crippen LogP contribution in [0.3, 0.4) is 0 Å². The normalized spacial score (nSPS) is 11.2. The van der Waals surface area contributed by atoms with Crippen molar-refractivity contribution in [3.63, 3.8) is 0 Å². The Morgan fingerprint density at radius 3 is 2.36 bits per heavy atom. The molecule has 1 heterocycles. The summed E-state index contributed by atoms with van der Waals surface area (Å²) in [6, 6.07) is 0. The van der Waals surface area contributed by atoms with Gasteiger partial charge in [0.1, 0.15) is 0 Å². The number of nitrogens with zero attached hydrogens (tertiary/aromatic N) is 1. The van der Waals surface area contributed by atoms with E-state index in [1.54, 1.807) is 4.68 Å². The molecule has 0 radical (unpaired) electrons. The number of nitrogens with one attached hydrogen (secondary N) is 1. The monoisotopic (exact) mass is 196 g/mol. The summed E-state index contributed by atoms with van der Waals surface area (Å²) in [6.45, 7) is 9.13. The molecule has 3 heteroatoms. The predicted octanol–water partition coefficient (Wildman–Crippen LogP) is 2.27. The van der Waals surface area contributed by atoms with Gasteiger partial charge in [0.25, 0.3) is 5.56 Å². The molecule has 0 atom stereocenters. The van der Waals surface area contributed by atoms with Gasteiger partial charge in [0, 0.05) is 17.8 Å². The highest BCUT2D eigenvalue weighted by atomic mass is 16.1. The van der Waals surface area contributed by atoms with E-state index in [9.17, 15) is 4.79 Å². The van der Waals surface area contributed by atoms with E-state index >= 15 is 0 Å². The molecule has 14 heavy (non-hydrogen) atoms. The van der Waals surface area contributed by atoms with Crippen molar-refractivity contribution in [2.75, 3.05) is 0 Å². The lowest BCUT2D eigenvalue weighted by Crippen LogP contribution is -2.18. The van der Waals surface area contributed by atoms with E-state index in [0.717, 1.165) is 30.6 Å². The van der Waals surface area contributed by atoms with E-state index in [0.29, 0.717) is 5.92 Å². The molecule has 1 rings (SSSR count). The average Bonchev–Trinajstić information content (AvgIpc) is 2.44. The highest BCUT2D eigenvalue weighted by molar-refractivity contribution is 5.20. The fourth-order valence-electron chi connectivity index (χ4n) is 1.74. The molecule has 0 unspecified atom stereocenters. The molecule has 3 nitrogen and oxygen atoms in total. The molecule has 0 aliphatic heterocycles. The zero-order valence-electron chi connectivity index (χ0n) is 9.55. The summed E-state index contributed by atoms with van der Waals surface area (Å²) in [5, 5.41) is 3.21. The second-order valence-electron chi connectivity index (χ2n) is 3.97. The Morgan fingerprint density at radius 2 is 2.00 bits per heavy atom. The van der Waals surface area contributed by atoms with Crippen molar-refractivity contribution in [2.45, 2.75) is 53.0 Å². The van der Waals surface area contributed by atoms with Crippen LogP contribution in [0.15, 0.2) is 4.79 Å². The summed E-state index contributed by atoms with van der Waals surface area (Å²) < 4.78 is 1.73. The maximum atomic E-state index is 11.8. The van der Waals surface area contributed by atoms with Crippen molar-refractivity contribution in [3.8, 4) is 0 Å². The number of aryl methyl sites for hydroxylation is 1. The van der Waals surface area contributed by atoms with Gasteiger partial charge in [0.15, 0.2) is 0 Å². The minimum Gasteiger partial charge on any atom is -0.299 e. The molecule has 0 spiro atoms. The number of hydrogen-bond donors (Lipinski definition) is 1. The van der Waals surface area contributed by atoms with Gasteiger partial charge in [-0.1, -0.05) is 27.7 Å². The van der Waals surface area contributed by atoms with E-state index in [2.05, 4.69) is 25.9 Å². The number of aromatic nitrogens is 2. The molecule has 0 fully saturated rings. The second kappa shape index (κ2) is 4.49. The summed E-state index contributed by atoms with van der Waals surface area (Å²) in [5.41, 5.74) is 2.22. The van der Waals surface area contributed by atoms with E-state index in [1.165, 1.54) is 0 Å². The van der Waals surface area contributed by atoms with E-state index in [1.807, 2.05) is 6.92 Å². The van der Waals surface area contributed by atoms with E-state index in [-0.39, 0.29) is 5.56 Å². The molecule has 0 aromatic carbocycles. The van der Waals surface area contributed by atoms with Gasteiger partial charge in [-0.25, -0.2) is 0 Å². The maximum Gasteiger partial charge on any atom is 0.269 e. The number of aromatic amines is 1. The predicted molar refractivity (Wildman–Crippen MR) is 58.8 cm³/mol. The Kier molecular flexibility index (Phi) is 3.55. The third-order valence-corrected chi connectivity index (χ3v) is 2.46. The minimum absolute atomic E-state index is 0.165. The summed E-state index contributed by atoms with van der Waals surface area (Å²) in [4.78, 5) is 11.8. The Bertz CT molecular complexity index is 347. The molecular formula is C11H20N2O. The van der Waals surface area contributed by atoms with E-state index < -0.39 is 0 Å². The molecule has 1 aromatic heterocycles. The Hall–Kier alpha value is -0.990. The van der Waals surface area contributed by atoms with Crippen molar-refractivity contribution in [3.05, 3.63) is 21.6 Å². The van der Waals surface area contributed by atoms with Crippen LogP contribution in [0.5, 0.6) is 0 Å². The van der Waals surface area contributed by atoms with E-state index in [4.69, 9.17) is 0 Å². The van der Waals surface area contributed by atoms with Crippen LogP contribution >= 0.6 is 0 Å². The largest absolute Gasteiger partial charge is 0.299 e. The van der Waals surface area contributed by atoms with Crippen LogP contribution in [-0.4, -0.2) is 9.78 Å². The van der Waals surface area contributed by atoms with Gasteiger partial charge in [-0.2, -0.15) is 0 Å². The maximum absolute atomic E-state index is 11.8. The molecule has 0 aliphatic carbocycles. The number of rotatable bonds is 4.